The van der Waals surface area contributed by atoms with Crippen molar-refractivity contribution in [3.05, 3.63) is 51.8 Å². The number of ether oxygens (including phenoxy) is 3. The Balaban J connectivity index is 2.35. The average Bonchev–Trinajstić information content (AvgIpc) is 3.01. The predicted molar refractivity (Wildman–Crippen MR) is 128 cm³/mol. The summed E-state index contributed by atoms with van der Waals surface area (Å²) in [5.74, 6) is 0.174. The zero-order valence-corrected chi connectivity index (χ0v) is 21.0. The van der Waals surface area contributed by atoms with Crippen molar-refractivity contribution in [1.29, 1.82) is 5.26 Å². The van der Waals surface area contributed by atoms with E-state index in [9.17, 15) is 10.1 Å². The van der Waals surface area contributed by atoms with Crippen molar-refractivity contribution >= 4 is 29.1 Å². The van der Waals surface area contributed by atoms with Crippen molar-refractivity contribution in [3.63, 3.8) is 0 Å². The van der Waals surface area contributed by atoms with Crippen LogP contribution in [0, 0.1) is 18.3 Å². The monoisotopic (exact) mass is 473 g/mol. The minimum atomic E-state index is -0.828. The number of aryl methyl sites for hydroxylation is 2. The number of hydrogen-bond donors (Lipinski definition) is 0. The molecule has 2 aromatic rings. The highest BCUT2D eigenvalue weighted by Crippen LogP contribution is 2.34. The van der Waals surface area contributed by atoms with Crippen LogP contribution in [0.5, 0.6) is 0 Å². The first-order valence-electron chi connectivity index (χ1n) is 11.0. The standard InChI is InChI=1S/C25H32ClN3O4/c1-7-8-9-14-31-24(30)33-16-32-23(22-21(26)17(2)28-29(22)6)20(15-27)18-10-12-19(13-11-18)25(3,4)5/h10-13H,7-9,14,16H2,1-6H3/b23-20-. The van der Waals surface area contributed by atoms with Gasteiger partial charge in [0.25, 0.3) is 0 Å². The number of hydrogen-bond acceptors (Lipinski definition) is 6. The molecule has 0 aliphatic rings. The lowest BCUT2D eigenvalue weighted by Crippen LogP contribution is -2.13. The van der Waals surface area contributed by atoms with Gasteiger partial charge in [0.05, 0.1) is 17.3 Å². The van der Waals surface area contributed by atoms with Gasteiger partial charge in [-0.2, -0.15) is 10.4 Å². The summed E-state index contributed by atoms with van der Waals surface area (Å²) in [6.45, 7) is 10.0. The minimum Gasteiger partial charge on any atom is -0.453 e. The summed E-state index contributed by atoms with van der Waals surface area (Å²) in [6, 6.07) is 9.89. The number of carbonyl (C=O) groups is 1. The van der Waals surface area contributed by atoms with Crippen LogP contribution in [-0.2, 0) is 26.7 Å². The SMILES string of the molecule is CCCCCOC(=O)OCO/C(=C(/C#N)c1ccc(C(C)(C)C)cc1)c1c(Cl)c(C)nn1C. The molecule has 33 heavy (non-hydrogen) atoms. The molecule has 0 saturated carbocycles. The van der Waals surface area contributed by atoms with Crippen molar-refractivity contribution in [2.24, 2.45) is 7.05 Å². The molecule has 0 saturated heterocycles. The molecule has 178 valence electrons. The summed E-state index contributed by atoms with van der Waals surface area (Å²) < 4.78 is 17.4. The largest absolute Gasteiger partial charge is 0.511 e. The van der Waals surface area contributed by atoms with E-state index in [1.165, 1.54) is 4.68 Å². The second-order valence-corrected chi connectivity index (χ2v) is 9.10. The average molecular weight is 474 g/mol. The van der Waals surface area contributed by atoms with Crippen molar-refractivity contribution in [2.75, 3.05) is 13.4 Å². The Morgan fingerprint density at radius 2 is 1.82 bits per heavy atom. The van der Waals surface area contributed by atoms with Gasteiger partial charge < -0.3 is 14.2 Å². The molecule has 0 spiro atoms. The highest BCUT2D eigenvalue weighted by molar-refractivity contribution is 6.33. The topological polar surface area (TPSA) is 86.4 Å². The molecule has 0 radical (unpaired) electrons. The summed E-state index contributed by atoms with van der Waals surface area (Å²) in [4.78, 5) is 11.9. The van der Waals surface area contributed by atoms with Crippen LogP contribution in [0.15, 0.2) is 24.3 Å². The van der Waals surface area contributed by atoms with Crippen molar-refractivity contribution in [3.8, 4) is 6.07 Å². The minimum absolute atomic E-state index is 0.0256. The van der Waals surface area contributed by atoms with Crippen LogP contribution in [0.2, 0.25) is 5.02 Å². The van der Waals surface area contributed by atoms with Crippen LogP contribution in [-0.4, -0.2) is 29.3 Å². The molecule has 2 rings (SSSR count). The van der Waals surface area contributed by atoms with Gasteiger partial charge in [-0.05, 0) is 29.9 Å². The third-order valence-corrected chi connectivity index (χ3v) is 5.54. The molecule has 0 aliphatic carbocycles. The Hall–Kier alpha value is -2.98. The maximum absolute atomic E-state index is 11.9. The molecule has 0 unspecified atom stereocenters. The smallest absolute Gasteiger partial charge is 0.453 e. The highest BCUT2D eigenvalue weighted by Gasteiger charge is 2.23. The van der Waals surface area contributed by atoms with E-state index in [2.05, 4.69) is 38.9 Å². The van der Waals surface area contributed by atoms with E-state index < -0.39 is 12.9 Å². The Kier molecular flexibility index (Phi) is 9.36. The highest BCUT2D eigenvalue weighted by atomic mass is 35.5. The van der Waals surface area contributed by atoms with Crippen LogP contribution in [0.3, 0.4) is 0 Å². The second kappa shape index (κ2) is 11.8. The fourth-order valence-electron chi connectivity index (χ4n) is 3.21. The Bertz CT molecular complexity index is 1030. The van der Waals surface area contributed by atoms with Gasteiger partial charge in [0.15, 0.2) is 5.76 Å². The molecular weight excluding hydrogens is 442 g/mol. The van der Waals surface area contributed by atoms with Gasteiger partial charge in [-0.15, -0.1) is 0 Å². The summed E-state index contributed by atoms with van der Waals surface area (Å²) in [5.41, 5.74) is 3.02. The first-order chi connectivity index (χ1) is 15.6. The van der Waals surface area contributed by atoms with Crippen LogP contribution >= 0.6 is 11.6 Å². The Morgan fingerprint density at radius 3 is 2.33 bits per heavy atom. The molecule has 8 heteroatoms. The molecule has 7 nitrogen and oxygen atoms in total. The fraction of sp³-hybridized carbons (Fsp3) is 0.480. The summed E-state index contributed by atoms with van der Waals surface area (Å²) in [5, 5.41) is 14.7. The molecule has 1 heterocycles. The molecule has 1 aromatic carbocycles. The number of halogens is 1. The van der Waals surface area contributed by atoms with Gasteiger partial charge in [-0.3, -0.25) is 4.68 Å². The molecule has 0 atom stereocenters. The first kappa shape index (κ1) is 26.3. The maximum Gasteiger partial charge on any atom is 0.511 e. The number of nitrogens with zero attached hydrogens (tertiary/aromatic N) is 3. The van der Waals surface area contributed by atoms with Gasteiger partial charge in [-0.25, -0.2) is 4.79 Å². The van der Waals surface area contributed by atoms with Gasteiger partial charge >= 0.3 is 6.16 Å². The predicted octanol–water partition coefficient (Wildman–Crippen LogP) is 6.39. The third-order valence-electron chi connectivity index (χ3n) is 5.09. The first-order valence-corrected chi connectivity index (χ1v) is 11.3. The van der Waals surface area contributed by atoms with Crippen molar-refractivity contribution in [1.82, 2.24) is 9.78 Å². The number of nitriles is 1. The molecular formula is C25H32ClN3O4. The van der Waals surface area contributed by atoms with E-state index in [1.54, 1.807) is 14.0 Å². The normalized spacial score (nSPS) is 12.1. The van der Waals surface area contributed by atoms with E-state index in [0.717, 1.165) is 24.8 Å². The number of aromatic nitrogens is 2. The van der Waals surface area contributed by atoms with Crippen LogP contribution in [0.25, 0.3) is 11.3 Å². The lowest BCUT2D eigenvalue weighted by atomic mass is 9.86. The van der Waals surface area contributed by atoms with E-state index >= 15 is 0 Å². The number of unbranched alkanes of at least 4 members (excludes halogenated alkanes) is 2. The summed E-state index contributed by atoms with van der Waals surface area (Å²) >= 11 is 6.48. The van der Waals surface area contributed by atoms with Crippen molar-refractivity contribution in [2.45, 2.75) is 59.3 Å². The number of carbonyl (C=O) groups excluding carboxylic acids is 1. The second-order valence-electron chi connectivity index (χ2n) is 8.73. The van der Waals surface area contributed by atoms with E-state index in [0.29, 0.717) is 22.0 Å². The maximum atomic E-state index is 11.9. The van der Waals surface area contributed by atoms with Gasteiger partial charge in [-0.1, -0.05) is 76.4 Å². The molecule has 0 bridgehead atoms. The number of benzene rings is 1. The van der Waals surface area contributed by atoms with E-state index in [1.807, 2.05) is 24.3 Å². The van der Waals surface area contributed by atoms with E-state index in [4.69, 9.17) is 25.8 Å². The third kappa shape index (κ3) is 7.00. The van der Waals surface area contributed by atoms with Crippen LogP contribution in [0.4, 0.5) is 4.79 Å². The Labute approximate surface area is 200 Å². The van der Waals surface area contributed by atoms with Gasteiger partial charge in [0.2, 0.25) is 6.79 Å². The number of allylic oxidation sites excluding steroid dienone is 1. The van der Waals surface area contributed by atoms with Crippen LogP contribution < -0.4 is 0 Å². The molecule has 0 aliphatic heterocycles. The van der Waals surface area contributed by atoms with E-state index in [-0.39, 0.29) is 23.4 Å². The Morgan fingerprint density at radius 1 is 1.15 bits per heavy atom. The summed E-state index contributed by atoms with van der Waals surface area (Å²) in [6.07, 6.45) is 1.93. The number of rotatable bonds is 9. The van der Waals surface area contributed by atoms with Crippen LogP contribution in [0.1, 0.15) is 69.5 Å². The fourth-order valence-corrected chi connectivity index (χ4v) is 3.45. The van der Waals surface area contributed by atoms with Crippen molar-refractivity contribution < 1.29 is 19.0 Å². The van der Waals surface area contributed by atoms with Gasteiger partial charge in [0, 0.05) is 7.05 Å². The zero-order chi connectivity index (χ0) is 24.6. The molecule has 0 amide bonds. The lowest BCUT2D eigenvalue weighted by molar-refractivity contribution is -0.00611. The molecule has 0 fully saturated rings. The quantitative estimate of drug-likeness (QED) is 0.138. The zero-order valence-electron chi connectivity index (χ0n) is 20.2. The summed E-state index contributed by atoms with van der Waals surface area (Å²) in [7, 11) is 1.71. The van der Waals surface area contributed by atoms with Gasteiger partial charge in [0.1, 0.15) is 17.3 Å². The lowest BCUT2D eigenvalue weighted by Gasteiger charge is -2.19. The molecule has 0 N–H and O–H groups in total. The molecule has 1 aromatic heterocycles.